The molecule has 0 aromatic heterocycles. The molecule has 3 unspecified atom stereocenters. The standard InChI is InChI=1S/C12H21N3O2/c1-2-8(6-13)12(17)15-5-3-4-9-10(15)7-14-11(9)16/h8-10H,2-7,13H2,1H3,(H,14,16). The van der Waals surface area contributed by atoms with Gasteiger partial charge in [-0.15, -0.1) is 0 Å². The van der Waals surface area contributed by atoms with Gasteiger partial charge in [0, 0.05) is 19.6 Å². The van der Waals surface area contributed by atoms with Gasteiger partial charge < -0.3 is 16.0 Å². The Bertz CT molecular complexity index is 315. The monoisotopic (exact) mass is 239 g/mol. The number of carbonyl (C=O) groups excluding carboxylic acids is 2. The largest absolute Gasteiger partial charge is 0.354 e. The quantitative estimate of drug-likeness (QED) is 0.710. The van der Waals surface area contributed by atoms with Crippen LogP contribution in [0.15, 0.2) is 0 Å². The van der Waals surface area contributed by atoms with Crippen molar-refractivity contribution in [3.8, 4) is 0 Å². The molecule has 2 heterocycles. The molecule has 0 spiro atoms. The highest BCUT2D eigenvalue weighted by Crippen LogP contribution is 2.28. The molecule has 2 aliphatic heterocycles. The van der Waals surface area contributed by atoms with E-state index in [-0.39, 0.29) is 29.7 Å². The Hall–Kier alpha value is -1.10. The fourth-order valence-corrected chi connectivity index (χ4v) is 2.90. The zero-order valence-corrected chi connectivity index (χ0v) is 10.3. The molecule has 2 aliphatic rings. The van der Waals surface area contributed by atoms with Gasteiger partial charge >= 0.3 is 0 Å². The van der Waals surface area contributed by atoms with Gasteiger partial charge in [-0.2, -0.15) is 0 Å². The van der Waals surface area contributed by atoms with Crippen LogP contribution in [0.4, 0.5) is 0 Å². The highest BCUT2D eigenvalue weighted by molar-refractivity contribution is 5.85. The number of piperidine rings is 1. The summed E-state index contributed by atoms with van der Waals surface area (Å²) in [5.41, 5.74) is 5.63. The SMILES string of the molecule is CCC(CN)C(=O)N1CCCC2C(=O)NCC21. The van der Waals surface area contributed by atoms with Gasteiger partial charge in [0.05, 0.1) is 17.9 Å². The first kappa shape index (κ1) is 12.4. The minimum atomic E-state index is -0.0931. The van der Waals surface area contributed by atoms with Crippen molar-refractivity contribution in [3.05, 3.63) is 0 Å². The summed E-state index contributed by atoms with van der Waals surface area (Å²) in [5, 5.41) is 2.86. The number of nitrogens with zero attached hydrogens (tertiary/aromatic N) is 1. The van der Waals surface area contributed by atoms with Crippen molar-refractivity contribution in [1.29, 1.82) is 0 Å². The Morgan fingerprint density at radius 2 is 2.41 bits per heavy atom. The highest BCUT2D eigenvalue weighted by atomic mass is 16.2. The van der Waals surface area contributed by atoms with Crippen LogP contribution in [0, 0.1) is 11.8 Å². The maximum atomic E-state index is 12.3. The van der Waals surface area contributed by atoms with Crippen molar-refractivity contribution in [2.45, 2.75) is 32.2 Å². The number of hydrogen-bond acceptors (Lipinski definition) is 3. The summed E-state index contributed by atoms with van der Waals surface area (Å²) in [6, 6.07) is 0.0596. The Morgan fingerprint density at radius 3 is 3.06 bits per heavy atom. The smallest absolute Gasteiger partial charge is 0.227 e. The summed E-state index contributed by atoms with van der Waals surface area (Å²) in [5.74, 6) is 0.141. The second kappa shape index (κ2) is 5.04. The van der Waals surface area contributed by atoms with E-state index in [0.717, 1.165) is 25.8 Å². The lowest BCUT2D eigenvalue weighted by molar-refractivity contribution is -0.140. The predicted molar refractivity (Wildman–Crippen MR) is 64.1 cm³/mol. The van der Waals surface area contributed by atoms with Crippen molar-refractivity contribution >= 4 is 11.8 Å². The summed E-state index contributed by atoms with van der Waals surface area (Å²) in [6.07, 6.45) is 2.59. The summed E-state index contributed by atoms with van der Waals surface area (Å²) in [6.45, 7) is 3.75. The zero-order chi connectivity index (χ0) is 12.4. The summed E-state index contributed by atoms with van der Waals surface area (Å²) in [7, 11) is 0. The lowest BCUT2D eigenvalue weighted by Gasteiger charge is -2.37. The Morgan fingerprint density at radius 1 is 1.65 bits per heavy atom. The van der Waals surface area contributed by atoms with Gasteiger partial charge in [0.15, 0.2) is 0 Å². The molecule has 3 N–H and O–H groups in total. The second-order valence-electron chi connectivity index (χ2n) is 4.93. The molecule has 2 rings (SSSR count). The molecular formula is C12H21N3O2. The number of nitrogens with one attached hydrogen (secondary N) is 1. The van der Waals surface area contributed by atoms with Crippen molar-refractivity contribution in [1.82, 2.24) is 10.2 Å². The molecule has 0 aromatic rings. The van der Waals surface area contributed by atoms with Crippen LogP contribution in [0.2, 0.25) is 0 Å². The molecule has 17 heavy (non-hydrogen) atoms. The van der Waals surface area contributed by atoms with Gasteiger partial charge in [0.2, 0.25) is 11.8 Å². The molecule has 5 heteroatoms. The topological polar surface area (TPSA) is 75.4 Å². The lowest BCUT2D eigenvalue weighted by atomic mass is 9.90. The Labute approximate surface area is 102 Å². The lowest BCUT2D eigenvalue weighted by Crippen LogP contribution is -2.51. The number of carbonyl (C=O) groups is 2. The van der Waals surface area contributed by atoms with Crippen molar-refractivity contribution in [2.75, 3.05) is 19.6 Å². The second-order valence-corrected chi connectivity index (χ2v) is 4.93. The summed E-state index contributed by atoms with van der Waals surface area (Å²) in [4.78, 5) is 25.8. The first-order valence-electron chi connectivity index (χ1n) is 6.47. The van der Waals surface area contributed by atoms with E-state index in [1.807, 2.05) is 11.8 Å². The highest BCUT2D eigenvalue weighted by Gasteiger charge is 2.43. The molecule has 0 aromatic carbocycles. The number of nitrogens with two attached hydrogens (primary N) is 1. The van der Waals surface area contributed by atoms with Crippen LogP contribution in [-0.2, 0) is 9.59 Å². The van der Waals surface area contributed by atoms with Gasteiger partial charge in [0.1, 0.15) is 0 Å². The number of likely N-dealkylation sites (tertiary alicyclic amines) is 1. The van der Waals surface area contributed by atoms with E-state index in [1.54, 1.807) is 0 Å². The van der Waals surface area contributed by atoms with Crippen LogP contribution in [0.5, 0.6) is 0 Å². The molecule has 5 nitrogen and oxygen atoms in total. The summed E-state index contributed by atoms with van der Waals surface area (Å²) >= 11 is 0. The van der Waals surface area contributed by atoms with E-state index < -0.39 is 0 Å². The number of amides is 2. The average molecular weight is 239 g/mol. The third-order valence-corrected chi connectivity index (χ3v) is 4.01. The average Bonchev–Trinajstić information content (AvgIpc) is 2.73. The van der Waals surface area contributed by atoms with E-state index in [2.05, 4.69) is 5.32 Å². The van der Waals surface area contributed by atoms with E-state index in [4.69, 9.17) is 5.73 Å². The Kier molecular flexibility index (Phi) is 3.66. The molecular weight excluding hydrogens is 218 g/mol. The molecule has 0 aliphatic carbocycles. The molecule has 0 bridgehead atoms. The molecule has 0 saturated carbocycles. The van der Waals surface area contributed by atoms with Crippen LogP contribution >= 0.6 is 0 Å². The van der Waals surface area contributed by atoms with Gasteiger partial charge in [0.25, 0.3) is 0 Å². The maximum Gasteiger partial charge on any atom is 0.227 e. The molecule has 3 atom stereocenters. The fraction of sp³-hybridized carbons (Fsp3) is 0.833. The third-order valence-electron chi connectivity index (χ3n) is 4.01. The first-order chi connectivity index (χ1) is 8.19. The van der Waals surface area contributed by atoms with Crippen LogP contribution in [0.1, 0.15) is 26.2 Å². The van der Waals surface area contributed by atoms with E-state index in [0.29, 0.717) is 13.1 Å². The number of hydrogen-bond donors (Lipinski definition) is 2. The molecule has 2 saturated heterocycles. The fourth-order valence-electron chi connectivity index (χ4n) is 2.90. The minimum absolute atomic E-state index is 0.00276. The van der Waals surface area contributed by atoms with Crippen molar-refractivity contribution in [2.24, 2.45) is 17.6 Å². The van der Waals surface area contributed by atoms with Gasteiger partial charge in [-0.3, -0.25) is 9.59 Å². The minimum Gasteiger partial charge on any atom is -0.354 e. The Balaban J connectivity index is 2.10. The van der Waals surface area contributed by atoms with E-state index in [9.17, 15) is 9.59 Å². The first-order valence-corrected chi connectivity index (χ1v) is 6.47. The van der Waals surface area contributed by atoms with Crippen LogP contribution in [0.25, 0.3) is 0 Å². The van der Waals surface area contributed by atoms with E-state index in [1.165, 1.54) is 0 Å². The number of fused-ring (bicyclic) bond motifs is 1. The molecule has 96 valence electrons. The maximum absolute atomic E-state index is 12.3. The zero-order valence-electron chi connectivity index (χ0n) is 10.3. The van der Waals surface area contributed by atoms with Gasteiger partial charge in [-0.25, -0.2) is 0 Å². The van der Waals surface area contributed by atoms with Gasteiger partial charge in [-0.1, -0.05) is 6.92 Å². The summed E-state index contributed by atoms with van der Waals surface area (Å²) < 4.78 is 0. The van der Waals surface area contributed by atoms with Crippen molar-refractivity contribution in [3.63, 3.8) is 0 Å². The molecule has 2 amide bonds. The molecule has 2 fully saturated rings. The third kappa shape index (κ3) is 2.16. The van der Waals surface area contributed by atoms with E-state index >= 15 is 0 Å². The predicted octanol–water partition coefficient (Wildman–Crippen LogP) is -0.292. The normalized spacial score (nSPS) is 29.8. The van der Waals surface area contributed by atoms with Crippen LogP contribution < -0.4 is 11.1 Å². The molecule has 0 radical (unpaired) electrons. The van der Waals surface area contributed by atoms with Crippen LogP contribution in [0.3, 0.4) is 0 Å². The van der Waals surface area contributed by atoms with Crippen LogP contribution in [-0.4, -0.2) is 42.4 Å². The van der Waals surface area contributed by atoms with Crippen molar-refractivity contribution < 1.29 is 9.59 Å². The number of rotatable bonds is 3. The van der Waals surface area contributed by atoms with Gasteiger partial charge in [-0.05, 0) is 19.3 Å².